The van der Waals surface area contributed by atoms with Crippen LogP contribution in [0.25, 0.3) is 0 Å². The molecule has 128 valence electrons. The predicted molar refractivity (Wildman–Crippen MR) is 86.9 cm³/mol. The van der Waals surface area contributed by atoms with Crippen molar-refractivity contribution in [3.05, 3.63) is 0 Å². The molecule has 0 aliphatic carbocycles. The summed E-state index contributed by atoms with van der Waals surface area (Å²) in [4.78, 5) is 26.8. The number of rotatable bonds is 8. The van der Waals surface area contributed by atoms with Crippen LogP contribution in [0.3, 0.4) is 0 Å². The Balaban J connectivity index is 2.38. The van der Waals surface area contributed by atoms with Crippen molar-refractivity contribution in [3.8, 4) is 0 Å². The third-order valence-electron chi connectivity index (χ3n) is 4.35. The van der Waals surface area contributed by atoms with Gasteiger partial charge in [0.2, 0.25) is 0 Å². The Labute approximate surface area is 133 Å². The number of carboxylic acid groups (broad SMARTS) is 1. The van der Waals surface area contributed by atoms with Gasteiger partial charge in [0.1, 0.15) is 0 Å². The summed E-state index contributed by atoms with van der Waals surface area (Å²) in [5.41, 5.74) is 0. The molecule has 1 saturated heterocycles. The molecule has 6 heteroatoms. The first kappa shape index (κ1) is 18.7. The number of piperidine rings is 1. The second-order valence-electron chi connectivity index (χ2n) is 6.34. The lowest BCUT2D eigenvalue weighted by Gasteiger charge is -2.36. The molecule has 1 aliphatic heterocycles. The minimum absolute atomic E-state index is 0.186. The van der Waals surface area contributed by atoms with E-state index in [0.717, 1.165) is 19.5 Å². The molecule has 0 aromatic heterocycles. The Bertz CT molecular complexity index is 363. The third-order valence-corrected chi connectivity index (χ3v) is 4.35. The summed E-state index contributed by atoms with van der Waals surface area (Å²) in [5, 5.41) is 11.9. The number of carbonyl (C=O) groups is 2. The standard InChI is InChI=1S/C16H31N3O3/c1-4-5-9-19-10-7-6-8-14(19)11-17-16(22)18(3)12-13(2)15(20)21/h13-14H,4-12H2,1-3H3,(H,17,22)(H,20,21). The molecule has 22 heavy (non-hydrogen) atoms. The zero-order valence-corrected chi connectivity index (χ0v) is 14.2. The first-order chi connectivity index (χ1) is 10.5. The number of urea groups is 1. The van der Waals surface area contributed by atoms with E-state index in [1.165, 1.54) is 30.6 Å². The quantitative estimate of drug-likeness (QED) is 0.719. The van der Waals surface area contributed by atoms with Crippen molar-refractivity contribution in [2.24, 2.45) is 5.92 Å². The third kappa shape index (κ3) is 6.22. The maximum absolute atomic E-state index is 12.1. The smallest absolute Gasteiger partial charge is 0.317 e. The van der Waals surface area contributed by atoms with Crippen molar-refractivity contribution in [2.75, 3.05) is 33.2 Å². The van der Waals surface area contributed by atoms with Gasteiger partial charge in [0, 0.05) is 26.2 Å². The molecule has 2 atom stereocenters. The average Bonchev–Trinajstić information content (AvgIpc) is 2.50. The van der Waals surface area contributed by atoms with Gasteiger partial charge < -0.3 is 15.3 Å². The van der Waals surface area contributed by atoms with Crippen LogP contribution < -0.4 is 5.32 Å². The predicted octanol–water partition coefficient (Wildman–Crippen LogP) is 2.00. The summed E-state index contributed by atoms with van der Waals surface area (Å²) in [7, 11) is 1.64. The van der Waals surface area contributed by atoms with Gasteiger partial charge in [-0.3, -0.25) is 9.69 Å². The van der Waals surface area contributed by atoms with Gasteiger partial charge in [-0.15, -0.1) is 0 Å². The lowest BCUT2D eigenvalue weighted by atomic mass is 10.0. The van der Waals surface area contributed by atoms with Crippen LogP contribution in [0.2, 0.25) is 0 Å². The van der Waals surface area contributed by atoms with Crippen LogP contribution in [0, 0.1) is 5.92 Å². The number of nitrogens with zero attached hydrogens (tertiary/aromatic N) is 2. The van der Waals surface area contributed by atoms with Crippen molar-refractivity contribution in [1.29, 1.82) is 0 Å². The molecule has 2 N–H and O–H groups in total. The second kappa shape index (κ2) is 9.66. The van der Waals surface area contributed by atoms with Gasteiger partial charge >= 0.3 is 12.0 Å². The van der Waals surface area contributed by atoms with Crippen molar-refractivity contribution in [3.63, 3.8) is 0 Å². The maximum atomic E-state index is 12.1. The summed E-state index contributed by atoms with van der Waals surface area (Å²) in [6.07, 6.45) is 5.96. The molecule has 0 bridgehead atoms. The van der Waals surface area contributed by atoms with Crippen molar-refractivity contribution < 1.29 is 14.7 Å². The zero-order chi connectivity index (χ0) is 16.5. The van der Waals surface area contributed by atoms with Gasteiger partial charge in [0.15, 0.2) is 0 Å². The highest BCUT2D eigenvalue weighted by atomic mass is 16.4. The highest BCUT2D eigenvalue weighted by Crippen LogP contribution is 2.17. The average molecular weight is 313 g/mol. The summed E-state index contributed by atoms with van der Waals surface area (Å²) >= 11 is 0. The van der Waals surface area contributed by atoms with Gasteiger partial charge in [0.05, 0.1) is 5.92 Å². The minimum Gasteiger partial charge on any atom is -0.481 e. The molecule has 0 saturated carbocycles. The lowest BCUT2D eigenvalue weighted by molar-refractivity contribution is -0.141. The van der Waals surface area contributed by atoms with E-state index in [1.807, 2.05) is 0 Å². The van der Waals surface area contributed by atoms with Gasteiger partial charge in [-0.05, 0) is 32.4 Å². The molecule has 1 aliphatic rings. The molecule has 2 amide bonds. The number of nitrogens with one attached hydrogen (secondary N) is 1. The topological polar surface area (TPSA) is 72.9 Å². The summed E-state index contributed by atoms with van der Waals surface area (Å²) < 4.78 is 0. The second-order valence-corrected chi connectivity index (χ2v) is 6.34. The first-order valence-electron chi connectivity index (χ1n) is 8.41. The lowest BCUT2D eigenvalue weighted by Crippen LogP contribution is -2.49. The number of hydrogen-bond donors (Lipinski definition) is 2. The van der Waals surface area contributed by atoms with Crippen LogP contribution in [-0.4, -0.2) is 66.2 Å². The molecule has 2 unspecified atom stereocenters. The summed E-state index contributed by atoms with van der Waals surface area (Å²) in [5.74, 6) is -1.43. The van der Waals surface area contributed by atoms with Gasteiger partial charge in [-0.25, -0.2) is 4.79 Å². The van der Waals surface area contributed by atoms with Crippen LogP contribution in [0.1, 0.15) is 46.0 Å². The molecule has 0 radical (unpaired) electrons. The van der Waals surface area contributed by atoms with E-state index in [0.29, 0.717) is 12.6 Å². The molecule has 1 fully saturated rings. The summed E-state index contributed by atoms with van der Waals surface area (Å²) in [6.45, 7) is 6.90. The summed E-state index contributed by atoms with van der Waals surface area (Å²) in [6, 6.07) is 0.226. The fraction of sp³-hybridized carbons (Fsp3) is 0.875. The van der Waals surface area contributed by atoms with E-state index in [2.05, 4.69) is 17.1 Å². The highest BCUT2D eigenvalue weighted by molar-refractivity contribution is 5.75. The van der Waals surface area contributed by atoms with Gasteiger partial charge in [0.25, 0.3) is 0 Å². The fourth-order valence-corrected chi connectivity index (χ4v) is 2.86. The van der Waals surface area contributed by atoms with Crippen LogP contribution in [0.5, 0.6) is 0 Å². The molecular weight excluding hydrogens is 282 g/mol. The Morgan fingerprint density at radius 3 is 2.77 bits per heavy atom. The molecule has 1 heterocycles. The van der Waals surface area contributed by atoms with E-state index in [1.54, 1.807) is 14.0 Å². The number of hydrogen-bond acceptors (Lipinski definition) is 3. The number of amides is 2. The van der Waals surface area contributed by atoms with Crippen LogP contribution in [0.15, 0.2) is 0 Å². The number of carbonyl (C=O) groups excluding carboxylic acids is 1. The Kier molecular flexibility index (Phi) is 8.24. The maximum Gasteiger partial charge on any atom is 0.317 e. The van der Waals surface area contributed by atoms with Crippen LogP contribution in [0.4, 0.5) is 4.79 Å². The van der Waals surface area contributed by atoms with Crippen molar-refractivity contribution in [1.82, 2.24) is 15.1 Å². The highest BCUT2D eigenvalue weighted by Gasteiger charge is 2.23. The van der Waals surface area contributed by atoms with E-state index < -0.39 is 11.9 Å². The Morgan fingerprint density at radius 1 is 1.41 bits per heavy atom. The van der Waals surface area contributed by atoms with Crippen LogP contribution in [-0.2, 0) is 4.79 Å². The normalized spacial score (nSPS) is 20.4. The van der Waals surface area contributed by atoms with Gasteiger partial charge in [-0.1, -0.05) is 26.7 Å². The Hall–Kier alpha value is -1.30. The minimum atomic E-state index is -0.877. The zero-order valence-electron chi connectivity index (χ0n) is 14.2. The molecule has 1 rings (SSSR count). The number of unbranched alkanes of at least 4 members (excludes halogenated alkanes) is 1. The molecular formula is C16H31N3O3. The van der Waals surface area contributed by atoms with E-state index in [9.17, 15) is 9.59 Å². The number of carboxylic acids is 1. The molecule has 0 spiro atoms. The monoisotopic (exact) mass is 313 g/mol. The Morgan fingerprint density at radius 2 is 2.14 bits per heavy atom. The number of likely N-dealkylation sites (tertiary alicyclic amines) is 1. The molecule has 0 aromatic carbocycles. The van der Waals surface area contributed by atoms with E-state index in [4.69, 9.17) is 5.11 Å². The van der Waals surface area contributed by atoms with Gasteiger partial charge in [-0.2, -0.15) is 0 Å². The molecule has 6 nitrogen and oxygen atoms in total. The van der Waals surface area contributed by atoms with E-state index in [-0.39, 0.29) is 12.6 Å². The van der Waals surface area contributed by atoms with E-state index >= 15 is 0 Å². The van der Waals surface area contributed by atoms with Crippen molar-refractivity contribution in [2.45, 2.75) is 52.0 Å². The fourth-order valence-electron chi connectivity index (χ4n) is 2.86. The SMILES string of the molecule is CCCCN1CCCCC1CNC(=O)N(C)CC(C)C(=O)O. The molecule has 0 aromatic rings. The number of aliphatic carboxylic acids is 1. The first-order valence-corrected chi connectivity index (χ1v) is 8.41. The van der Waals surface area contributed by atoms with Crippen LogP contribution >= 0.6 is 0 Å². The van der Waals surface area contributed by atoms with Crippen molar-refractivity contribution >= 4 is 12.0 Å². The largest absolute Gasteiger partial charge is 0.481 e.